The third-order valence-corrected chi connectivity index (χ3v) is 13.5. The molecule has 19 nitrogen and oxygen atoms in total. The molecule has 0 bridgehead atoms. The molecule has 2 aromatic heterocycles. The monoisotopic (exact) mass is 864 g/mol. The van der Waals surface area contributed by atoms with E-state index in [0.29, 0.717) is 63.9 Å². The number of nitrogens with two attached hydrogens (primary N) is 4. The maximum atomic E-state index is 13.4. The summed E-state index contributed by atoms with van der Waals surface area (Å²) in [7, 11) is -4.16. The molecule has 57 heavy (non-hydrogen) atoms. The van der Waals surface area contributed by atoms with Crippen LogP contribution < -0.4 is 28.3 Å². The van der Waals surface area contributed by atoms with Crippen molar-refractivity contribution in [1.82, 2.24) is 28.8 Å². The molecule has 0 unspecified atom stereocenters. The zero-order chi connectivity index (χ0) is 41.8. The van der Waals surface area contributed by atoms with Crippen LogP contribution in [0.3, 0.4) is 0 Å². The fourth-order valence-corrected chi connectivity index (χ4v) is 10.2. The van der Waals surface area contributed by atoms with E-state index >= 15 is 0 Å². The van der Waals surface area contributed by atoms with Crippen LogP contribution in [-0.4, -0.2) is 122 Å². The van der Waals surface area contributed by atoms with Crippen LogP contribution in [0.2, 0.25) is 10.0 Å². The van der Waals surface area contributed by atoms with E-state index in [1.54, 1.807) is 6.07 Å². The molecule has 23 heteroatoms. The van der Waals surface area contributed by atoms with Crippen molar-refractivity contribution in [3.05, 3.63) is 58.8 Å². The average Bonchev–Trinajstić information content (AvgIpc) is 3.86. The van der Waals surface area contributed by atoms with Crippen molar-refractivity contribution in [2.24, 2.45) is 32.9 Å². The summed E-state index contributed by atoms with van der Waals surface area (Å²) in [4.78, 5) is 41.9. The second kappa shape index (κ2) is 17.7. The Labute approximate surface area is 338 Å². The lowest BCUT2D eigenvalue weighted by Gasteiger charge is -2.24. The molecule has 0 radical (unpaired) electrons. The van der Waals surface area contributed by atoms with Crippen molar-refractivity contribution in [1.29, 1.82) is 0 Å². The van der Waals surface area contributed by atoms with Crippen LogP contribution in [0, 0.1) is 0 Å². The zero-order valence-electron chi connectivity index (χ0n) is 30.8. The quantitative estimate of drug-likeness (QED) is 0.0924. The number of rotatable bonds is 11. The van der Waals surface area contributed by atoms with Gasteiger partial charge < -0.3 is 38.3 Å². The number of carbonyl (C=O) groups excluding carboxylic acids is 1. The van der Waals surface area contributed by atoms with E-state index in [1.165, 1.54) is 47.0 Å². The minimum Gasteiger partial charge on any atom is -0.480 e. The molecule has 2 aliphatic heterocycles. The summed E-state index contributed by atoms with van der Waals surface area (Å²) >= 11 is 12.3. The predicted octanol–water partition coefficient (Wildman–Crippen LogP) is 1.65. The molecule has 2 fully saturated rings. The first-order valence-corrected chi connectivity index (χ1v) is 21.0. The molecule has 2 aliphatic rings. The van der Waals surface area contributed by atoms with Gasteiger partial charge in [0.25, 0.3) is 0 Å². The van der Waals surface area contributed by atoms with E-state index in [0.717, 1.165) is 4.31 Å². The Kier molecular flexibility index (Phi) is 13.4. The van der Waals surface area contributed by atoms with E-state index in [1.807, 2.05) is 19.0 Å². The van der Waals surface area contributed by atoms with Crippen LogP contribution in [0.5, 0.6) is 0 Å². The Balaban J connectivity index is 0.000000221. The lowest BCUT2D eigenvalue weighted by atomic mass is 10.1. The number of nitrogens with zero attached hydrogens (tertiary/aromatic N) is 7. The number of pyridine rings is 2. The zero-order valence-corrected chi connectivity index (χ0v) is 34.0. The van der Waals surface area contributed by atoms with Crippen LogP contribution in [0.4, 0.5) is 11.6 Å². The maximum absolute atomic E-state index is 13.4. The van der Waals surface area contributed by atoms with Crippen molar-refractivity contribution in [2.45, 2.75) is 47.6 Å². The summed E-state index contributed by atoms with van der Waals surface area (Å²) in [6, 6.07) is 6.89. The van der Waals surface area contributed by atoms with Gasteiger partial charge in [-0.1, -0.05) is 35.3 Å². The number of halogens is 2. The van der Waals surface area contributed by atoms with Crippen LogP contribution in [0.1, 0.15) is 25.7 Å². The Morgan fingerprint density at radius 1 is 0.789 bits per heavy atom. The van der Waals surface area contributed by atoms with Gasteiger partial charge in [-0.2, -0.15) is 18.6 Å². The number of aliphatic imine (C=N–C) groups is 2. The number of amides is 1. The number of guanidine groups is 2. The number of sulfonamides is 2. The van der Waals surface area contributed by atoms with Crippen molar-refractivity contribution in [2.75, 3.05) is 40.3 Å². The largest absolute Gasteiger partial charge is 0.480 e. The molecule has 4 aromatic rings. The second-order valence-corrected chi connectivity index (χ2v) is 17.9. The first-order valence-electron chi connectivity index (χ1n) is 17.4. The highest BCUT2D eigenvalue weighted by atomic mass is 35.5. The summed E-state index contributed by atoms with van der Waals surface area (Å²) in [6.45, 7) is 1.52. The number of aromatic nitrogens is 2. The van der Waals surface area contributed by atoms with E-state index in [4.69, 9.17) is 46.1 Å². The SMILES string of the molecule is CN(C)CCNC(=O)[C@H]1CCCN1S(=O)(=O)c1ccc2c(Cl)cnc(N=C(N)N)c2c1.NC(N)=Nc1ncc(Cl)c2ccc(S(=O)(=O)N3CCC[C@@H]3C(=O)O)cc12. The molecule has 6 rings (SSSR count). The third kappa shape index (κ3) is 9.63. The summed E-state index contributed by atoms with van der Waals surface area (Å²) in [5, 5.41) is 14.6. The van der Waals surface area contributed by atoms with Crippen molar-refractivity contribution >= 4 is 100 Å². The Morgan fingerprint density at radius 2 is 1.23 bits per heavy atom. The van der Waals surface area contributed by atoms with Crippen LogP contribution in [-0.2, 0) is 29.6 Å². The number of carbonyl (C=O) groups is 2. The molecule has 4 heterocycles. The van der Waals surface area contributed by atoms with E-state index in [9.17, 15) is 31.5 Å². The number of benzene rings is 2. The van der Waals surface area contributed by atoms with E-state index in [2.05, 4.69) is 25.3 Å². The highest BCUT2D eigenvalue weighted by Crippen LogP contribution is 2.35. The minimum absolute atomic E-state index is 0.0177. The summed E-state index contributed by atoms with van der Waals surface area (Å²) in [5.74, 6) is -1.63. The molecular formula is C34H42Cl2N12O7S2. The summed E-state index contributed by atoms with van der Waals surface area (Å²) in [5.41, 5.74) is 21.7. The van der Waals surface area contributed by atoms with Crippen LogP contribution in [0.15, 0.2) is 68.6 Å². The molecule has 0 saturated carbocycles. The number of aliphatic carboxylic acids is 1. The highest BCUT2D eigenvalue weighted by molar-refractivity contribution is 7.89. The van der Waals surface area contributed by atoms with Gasteiger partial charge in [0.15, 0.2) is 23.6 Å². The average molecular weight is 866 g/mol. The van der Waals surface area contributed by atoms with Gasteiger partial charge in [-0.05, 0) is 64.0 Å². The van der Waals surface area contributed by atoms with E-state index in [-0.39, 0.29) is 58.8 Å². The number of hydrogen-bond donors (Lipinski definition) is 6. The van der Waals surface area contributed by atoms with Gasteiger partial charge in [-0.25, -0.2) is 26.8 Å². The molecule has 2 aromatic carbocycles. The Morgan fingerprint density at radius 3 is 1.65 bits per heavy atom. The first-order chi connectivity index (χ1) is 26.8. The fourth-order valence-electron chi connectivity index (χ4n) is 6.45. The van der Waals surface area contributed by atoms with Gasteiger partial charge >= 0.3 is 5.97 Å². The fraction of sp³-hybridized carbons (Fsp3) is 0.353. The number of likely N-dealkylation sites (N-methyl/N-ethyl adjacent to an activating group) is 1. The second-order valence-electron chi connectivity index (χ2n) is 13.3. The Bertz CT molecular complexity index is 2480. The molecule has 1 amide bonds. The number of hydrogen-bond acceptors (Lipinski definition) is 11. The van der Waals surface area contributed by atoms with Crippen molar-refractivity contribution in [3.8, 4) is 0 Å². The Hall–Kier alpha value is -4.90. The normalized spacial score (nSPS) is 17.6. The lowest BCUT2D eigenvalue weighted by molar-refractivity contribution is -0.140. The number of nitrogens with one attached hydrogen (secondary N) is 1. The van der Waals surface area contributed by atoms with E-state index < -0.39 is 38.1 Å². The van der Waals surface area contributed by atoms with Gasteiger partial charge in [0.05, 0.1) is 19.8 Å². The van der Waals surface area contributed by atoms with Gasteiger partial charge in [-0.3, -0.25) is 9.59 Å². The van der Waals surface area contributed by atoms with Gasteiger partial charge in [0.2, 0.25) is 26.0 Å². The van der Waals surface area contributed by atoms with Gasteiger partial charge in [-0.15, -0.1) is 0 Å². The van der Waals surface area contributed by atoms with Gasteiger partial charge in [0, 0.05) is 60.1 Å². The van der Waals surface area contributed by atoms with Crippen molar-refractivity contribution < 1.29 is 31.5 Å². The molecule has 0 spiro atoms. The number of carboxylic acid groups (broad SMARTS) is 1. The highest BCUT2D eigenvalue weighted by Gasteiger charge is 2.41. The van der Waals surface area contributed by atoms with Crippen LogP contribution >= 0.6 is 23.2 Å². The van der Waals surface area contributed by atoms with Crippen molar-refractivity contribution in [3.63, 3.8) is 0 Å². The molecule has 0 aliphatic carbocycles. The topological polar surface area (TPSA) is 299 Å². The van der Waals surface area contributed by atoms with Gasteiger partial charge in [0.1, 0.15) is 12.1 Å². The van der Waals surface area contributed by atoms with Crippen LogP contribution in [0.25, 0.3) is 21.5 Å². The summed E-state index contributed by atoms with van der Waals surface area (Å²) < 4.78 is 54.9. The maximum Gasteiger partial charge on any atom is 0.322 e. The first kappa shape index (κ1) is 43.2. The minimum atomic E-state index is -4.01. The molecule has 10 N–H and O–H groups in total. The smallest absolute Gasteiger partial charge is 0.322 e. The molecule has 2 saturated heterocycles. The third-order valence-electron chi connectivity index (χ3n) is 9.12. The summed E-state index contributed by atoms with van der Waals surface area (Å²) in [6.07, 6.45) is 4.58. The molecular weight excluding hydrogens is 823 g/mol. The molecule has 306 valence electrons. The molecule has 2 atom stereocenters. The lowest BCUT2D eigenvalue weighted by Crippen LogP contribution is -2.47. The predicted molar refractivity (Wildman–Crippen MR) is 217 cm³/mol. The number of fused-ring (bicyclic) bond motifs is 2. The standard InChI is InChI=1S/C19H26ClN7O3S.C15H16ClN5O4S/c1-26(2)9-7-23-18(28)16-4-3-8-27(16)31(29,30)12-5-6-13-14(10-12)17(25-19(21)22)24-11-15(13)20;16-11-7-19-13(20-15(17)18)10-6-8(3-4-9(10)11)26(24,25)21-5-1-2-12(21)14(22)23/h5-6,10-11,16H,3-4,7-9H2,1-2H3,(H,23,28)(H4,21,22,24,25);3-4,6-7,12H,1-2,5H2,(H,22,23)(H4,17,18,19,20)/t16-;12-/m11/s1. The number of carboxylic acids is 1.